The van der Waals surface area contributed by atoms with Gasteiger partial charge in [0.15, 0.2) is 0 Å². The topological polar surface area (TPSA) is 55.2 Å². The molecule has 5 heteroatoms. The highest BCUT2D eigenvalue weighted by molar-refractivity contribution is 7.13. The Hall–Kier alpha value is -1.20. The van der Waals surface area contributed by atoms with Gasteiger partial charge in [0.1, 0.15) is 11.3 Å². The molecule has 2 aromatic rings. The molecule has 0 spiro atoms. The van der Waals surface area contributed by atoms with Gasteiger partial charge in [-0.1, -0.05) is 4.49 Å². The zero-order valence-corrected chi connectivity index (χ0v) is 9.68. The minimum atomic E-state index is -0.0384. The maximum Gasteiger partial charge on any atom is 0.129 e. The fraction of sp³-hybridized carbons (Fsp3) is 0.400. The smallest absolute Gasteiger partial charge is 0.129 e. The van der Waals surface area contributed by atoms with Crippen LogP contribution in [-0.4, -0.2) is 21.8 Å². The number of aromatic nitrogens is 2. The van der Waals surface area contributed by atoms with Gasteiger partial charge in [-0.15, -0.1) is 5.10 Å². The predicted molar refractivity (Wildman–Crippen MR) is 59.4 cm³/mol. The van der Waals surface area contributed by atoms with Crippen LogP contribution < -0.4 is 4.74 Å². The van der Waals surface area contributed by atoms with Crippen LogP contribution >= 0.6 is 11.5 Å². The molecule has 0 aliphatic rings. The van der Waals surface area contributed by atoms with Gasteiger partial charge in [-0.3, -0.25) is 0 Å². The molecule has 1 aromatic heterocycles. The lowest BCUT2D eigenvalue weighted by Crippen LogP contribution is -1.99. The van der Waals surface area contributed by atoms with Crippen molar-refractivity contribution in [1.29, 1.82) is 0 Å². The van der Waals surface area contributed by atoms with Crippen LogP contribution in [0.2, 0.25) is 0 Å². The van der Waals surface area contributed by atoms with E-state index in [4.69, 9.17) is 4.74 Å². The number of fused-ring (bicyclic) bond motifs is 1. The van der Waals surface area contributed by atoms with Crippen molar-refractivity contribution in [2.75, 3.05) is 7.11 Å². The highest BCUT2D eigenvalue weighted by atomic mass is 32.1. The summed E-state index contributed by atoms with van der Waals surface area (Å²) in [6.45, 7) is 3.85. The van der Waals surface area contributed by atoms with E-state index in [-0.39, 0.29) is 6.61 Å². The molecule has 2 rings (SSSR count). The average Bonchev–Trinajstić information content (AvgIpc) is 2.72. The molecule has 0 amide bonds. The molecular weight excluding hydrogens is 212 g/mol. The first-order valence-electron chi connectivity index (χ1n) is 4.59. The Morgan fingerprint density at radius 1 is 1.33 bits per heavy atom. The summed E-state index contributed by atoms with van der Waals surface area (Å²) < 4.78 is 10.3. The fourth-order valence-electron chi connectivity index (χ4n) is 1.79. The maximum absolute atomic E-state index is 9.33. The van der Waals surface area contributed by atoms with E-state index in [1.165, 1.54) is 11.5 Å². The minimum Gasteiger partial charge on any atom is -0.496 e. The minimum absolute atomic E-state index is 0.0384. The Morgan fingerprint density at radius 2 is 2.07 bits per heavy atom. The summed E-state index contributed by atoms with van der Waals surface area (Å²) >= 11 is 1.35. The summed E-state index contributed by atoms with van der Waals surface area (Å²) in [7, 11) is 1.61. The monoisotopic (exact) mass is 224 g/mol. The average molecular weight is 224 g/mol. The molecule has 0 atom stereocenters. The second-order valence-corrected chi connectivity index (χ2v) is 4.12. The van der Waals surface area contributed by atoms with E-state index in [0.29, 0.717) is 0 Å². The molecule has 4 nitrogen and oxygen atoms in total. The molecule has 15 heavy (non-hydrogen) atoms. The predicted octanol–water partition coefficient (Wildman–Crippen LogP) is 1.81. The molecule has 1 N–H and O–H groups in total. The first kappa shape index (κ1) is 10.3. The summed E-state index contributed by atoms with van der Waals surface area (Å²) in [5, 5.41) is 13.4. The van der Waals surface area contributed by atoms with Gasteiger partial charge in [0.25, 0.3) is 0 Å². The van der Waals surface area contributed by atoms with E-state index in [1.807, 2.05) is 13.8 Å². The van der Waals surface area contributed by atoms with Crippen molar-refractivity contribution in [2.45, 2.75) is 20.5 Å². The molecule has 80 valence electrons. The number of rotatable bonds is 2. The number of methoxy groups -OCH3 is 1. The first-order valence-corrected chi connectivity index (χ1v) is 5.37. The molecule has 0 saturated carbocycles. The molecule has 0 bridgehead atoms. The quantitative estimate of drug-likeness (QED) is 0.845. The molecule has 1 heterocycles. The van der Waals surface area contributed by atoms with Crippen LogP contribution in [0, 0.1) is 13.8 Å². The van der Waals surface area contributed by atoms with Crippen molar-refractivity contribution >= 4 is 21.7 Å². The van der Waals surface area contributed by atoms with Gasteiger partial charge >= 0.3 is 0 Å². The summed E-state index contributed by atoms with van der Waals surface area (Å²) in [5.41, 5.74) is 3.61. The summed E-state index contributed by atoms with van der Waals surface area (Å²) in [6.07, 6.45) is 0. The number of aliphatic hydroxyl groups excluding tert-OH is 1. The van der Waals surface area contributed by atoms with Crippen molar-refractivity contribution in [1.82, 2.24) is 9.59 Å². The number of hydrogen-bond donors (Lipinski definition) is 1. The number of ether oxygens (including phenoxy) is 1. The second-order valence-electron chi connectivity index (χ2n) is 3.37. The molecule has 1 aromatic carbocycles. The van der Waals surface area contributed by atoms with Gasteiger partial charge in [0.2, 0.25) is 0 Å². The van der Waals surface area contributed by atoms with Crippen LogP contribution in [0.1, 0.15) is 16.7 Å². The molecular formula is C10H12N2O2S. The fourth-order valence-corrected chi connectivity index (χ4v) is 2.51. The Morgan fingerprint density at radius 3 is 2.67 bits per heavy atom. The van der Waals surface area contributed by atoms with Crippen molar-refractivity contribution in [3.63, 3.8) is 0 Å². The van der Waals surface area contributed by atoms with Gasteiger partial charge in [0, 0.05) is 11.1 Å². The number of nitrogens with zero attached hydrogens (tertiary/aromatic N) is 2. The molecule has 0 aliphatic heterocycles. The van der Waals surface area contributed by atoms with Gasteiger partial charge in [-0.25, -0.2) is 0 Å². The van der Waals surface area contributed by atoms with E-state index in [1.54, 1.807) is 7.11 Å². The normalized spacial score (nSPS) is 10.9. The summed E-state index contributed by atoms with van der Waals surface area (Å²) in [4.78, 5) is 0. The van der Waals surface area contributed by atoms with E-state index < -0.39 is 0 Å². The number of aliphatic hydroxyl groups is 1. The highest BCUT2D eigenvalue weighted by Gasteiger charge is 2.17. The van der Waals surface area contributed by atoms with Crippen molar-refractivity contribution in [2.24, 2.45) is 0 Å². The highest BCUT2D eigenvalue weighted by Crippen LogP contribution is 2.35. The van der Waals surface area contributed by atoms with Gasteiger partial charge in [0.05, 0.1) is 18.4 Å². The third-order valence-corrected chi connectivity index (χ3v) is 3.46. The third kappa shape index (κ3) is 1.39. The van der Waals surface area contributed by atoms with Gasteiger partial charge in [-0.05, 0) is 30.9 Å². The zero-order chi connectivity index (χ0) is 11.0. The van der Waals surface area contributed by atoms with Crippen LogP contribution in [-0.2, 0) is 6.61 Å². The first-order chi connectivity index (χ1) is 7.20. The standard InChI is InChI=1S/C10H12N2O2S/c1-5-7(4-13)9(14-3)6(2)10-8(5)11-12-15-10/h13H,4H2,1-3H3. The summed E-state index contributed by atoms with van der Waals surface area (Å²) in [5.74, 6) is 0.744. The Bertz CT molecular complexity index is 464. The van der Waals surface area contributed by atoms with E-state index in [9.17, 15) is 5.11 Å². The number of aryl methyl sites for hydroxylation is 2. The van der Waals surface area contributed by atoms with Crippen molar-refractivity contribution in [3.8, 4) is 5.75 Å². The van der Waals surface area contributed by atoms with Crippen LogP contribution in [0.5, 0.6) is 5.75 Å². The number of benzene rings is 1. The largest absolute Gasteiger partial charge is 0.496 e. The zero-order valence-electron chi connectivity index (χ0n) is 8.87. The molecule has 0 radical (unpaired) electrons. The second kappa shape index (κ2) is 3.75. The third-order valence-electron chi connectivity index (χ3n) is 2.61. The lowest BCUT2D eigenvalue weighted by atomic mass is 10.0. The Balaban J connectivity index is 2.90. The van der Waals surface area contributed by atoms with E-state index >= 15 is 0 Å². The van der Waals surface area contributed by atoms with Crippen molar-refractivity contribution < 1.29 is 9.84 Å². The Kier molecular flexibility index (Phi) is 2.58. The SMILES string of the molecule is COc1c(CO)c(C)c2nnsc2c1C. The molecule has 0 unspecified atom stereocenters. The molecule has 0 aliphatic carbocycles. The van der Waals surface area contributed by atoms with Crippen molar-refractivity contribution in [3.05, 3.63) is 16.7 Å². The van der Waals surface area contributed by atoms with Crippen LogP contribution in [0.3, 0.4) is 0 Å². The molecule has 0 fully saturated rings. The maximum atomic E-state index is 9.33. The van der Waals surface area contributed by atoms with Crippen LogP contribution in [0.15, 0.2) is 0 Å². The number of hydrogen-bond acceptors (Lipinski definition) is 5. The van der Waals surface area contributed by atoms with E-state index in [2.05, 4.69) is 9.59 Å². The van der Waals surface area contributed by atoms with Crippen LogP contribution in [0.25, 0.3) is 10.2 Å². The molecule has 0 saturated heterocycles. The summed E-state index contributed by atoms with van der Waals surface area (Å²) in [6, 6.07) is 0. The lowest BCUT2D eigenvalue weighted by Gasteiger charge is -2.12. The van der Waals surface area contributed by atoms with Gasteiger partial charge < -0.3 is 9.84 Å². The van der Waals surface area contributed by atoms with E-state index in [0.717, 1.165) is 32.7 Å². The van der Waals surface area contributed by atoms with Gasteiger partial charge in [-0.2, -0.15) is 0 Å². The Labute approximate surface area is 91.7 Å². The van der Waals surface area contributed by atoms with Crippen LogP contribution in [0.4, 0.5) is 0 Å². The lowest BCUT2D eigenvalue weighted by molar-refractivity contribution is 0.273.